The Bertz CT molecular complexity index is 686. The molecule has 0 aliphatic carbocycles. The van der Waals surface area contributed by atoms with E-state index in [0.29, 0.717) is 0 Å². The number of ether oxygens (including phenoxy) is 1. The van der Waals surface area contributed by atoms with E-state index in [9.17, 15) is 18.0 Å². The van der Waals surface area contributed by atoms with Crippen LogP contribution in [-0.2, 0) is 10.9 Å². The van der Waals surface area contributed by atoms with Gasteiger partial charge < -0.3 is 4.74 Å². The molecule has 0 unspecified atom stereocenters. The molecule has 110 valence electrons. The summed E-state index contributed by atoms with van der Waals surface area (Å²) in [5.74, 6) is -0.835. The van der Waals surface area contributed by atoms with Crippen molar-refractivity contribution in [3.05, 3.63) is 52.8 Å². The van der Waals surface area contributed by atoms with Crippen LogP contribution in [0.1, 0.15) is 16.1 Å². The number of carbonyl (C=O) groups is 1. The molecule has 0 spiro atoms. The standard InChI is InChI=1S/C14H9ClF3NO2/c1-21-13(20)12-10(6-8(15)7-19-12)9-4-2-3-5-11(9)14(16,17)18/h2-7H,1H3. The van der Waals surface area contributed by atoms with Gasteiger partial charge in [-0.05, 0) is 17.7 Å². The lowest BCUT2D eigenvalue weighted by Gasteiger charge is -2.14. The summed E-state index contributed by atoms with van der Waals surface area (Å²) in [6.07, 6.45) is -3.39. The number of halogens is 4. The summed E-state index contributed by atoms with van der Waals surface area (Å²) in [5.41, 5.74) is -1.31. The zero-order valence-corrected chi connectivity index (χ0v) is 11.5. The number of esters is 1. The molecule has 2 rings (SSSR count). The van der Waals surface area contributed by atoms with E-state index in [-0.39, 0.29) is 21.8 Å². The van der Waals surface area contributed by atoms with Gasteiger partial charge in [-0.3, -0.25) is 0 Å². The van der Waals surface area contributed by atoms with Crippen molar-refractivity contribution < 1.29 is 22.7 Å². The number of carbonyl (C=O) groups excluding carboxylic acids is 1. The minimum absolute atomic E-state index is 0.0257. The second-order valence-electron chi connectivity index (χ2n) is 4.08. The molecule has 0 N–H and O–H groups in total. The van der Waals surface area contributed by atoms with Crippen molar-refractivity contribution in [2.24, 2.45) is 0 Å². The van der Waals surface area contributed by atoms with Crippen LogP contribution in [0.4, 0.5) is 13.2 Å². The van der Waals surface area contributed by atoms with Gasteiger partial charge in [0, 0.05) is 11.8 Å². The highest BCUT2D eigenvalue weighted by atomic mass is 35.5. The second-order valence-corrected chi connectivity index (χ2v) is 4.52. The molecule has 1 aromatic carbocycles. The Balaban J connectivity index is 2.73. The Morgan fingerprint density at radius 1 is 1.24 bits per heavy atom. The van der Waals surface area contributed by atoms with E-state index >= 15 is 0 Å². The van der Waals surface area contributed by atoms with Gasteiger partial charge in [0.05, 0.1) is 17.7 Å². The highest BCUT2D eigenvalue weighted by Gasteiger charge is 2.34. The first kappa shape index (κ1) is 15.3. The SMILES string of the molecule is COC(=O)c1ncc(Cl)cc1-c1ccccc1C(F)(F)F. The maximum Gasteiger partial charge on any atom is 0.417 e. The molecule has 0 saturated heterocycles. The Morgan fingerprint density at radius 2 is 1.90 bits per heavy atom. The molecule has 7 heteroatoms. The third-order valence-electron chi connectivity index (χ3n) is 2.76. The molecule has 0 aliphatic heterocycles. The molecule has 2 aromatic rings. The van der Waals surface area contributed by atoms with Gasteiger partial charge in [0.25, 0.3) is 0 Å². The Kier molecular flexibility index (Phi) is 4.18. The number of alkyl halides is 3. The summed E-state index contributed by atoms with van der Waals surface area (Å²) in [4.78, 5) is 15.4. The van der Waals surface area contributed by atoms with Gasteiger partial charge >= 0.3 is 12.1 Å². The summed E-state index contributed by atoms with van der Waals surface area (Å²) in [6, 6.07) is 6.14. The highest BCUT2D eigenvalue weighted by Crippen LogP contribution is 2.38. The van der Waals surface area contributed by atoms with Crippen LogP contribution in [0.2, 0.25) is 5.02 Å². The molecule has 0 fully saturated rings. The van der Waals surface area contributed by atoms with E-state index < -0.39 is 17.7 Å². The van der Waals surface area contributed by atoms with Gasteiger partial charge in [-0.15, -0.1) is 0 Å². The van der Waals surface area contributed by atoms with Gasteiger partial charge in [-0.2, -0.15) is 13.2 Å². The van der Waals surface area contributed by atoms with Gasteiger partial charge in [-0.25, -0.2) is 9.78 Å². The number of benzene rings is 1. The van der Waals surface area contributed by atoms with Crippen molar-refractivity contribution in [3.8, 4) is 11.1 Å². The number of aromatic nitrogens is 1. The second kappa shape index (κ2) is 5.73. The lowest BCUT2D eigenvalue weighted by molar-refractivity contribution is -0.137. The maximum atomic E-state index is 13.1. The number of pyridine rings is 1. The molecule has 1 heterocycles. The topological polar surface area (TPSA) is 39.2 Å². The lowest BCUT2D eigenvalue weighted by Crippen LogP contribution is -2.11. The minimum atomic E-state index is -4.56. The normalized spacial score (nSPS) is 11.3. The molecule has 0 bridgehead atoms. The Labute approximate surface area is 123 Å². The summed E-state index contributed by atoms with van der Waals surface area (Å²) in [5, 5.41) is 0.120. The van der Waals surface area contributed by atoms with Crippen LogP contribution in [0.3, 0.4) is 0 Å². The highest BCUT2D eigenvalue weighted by molar-refractivity contribution is 6.30. The molecule has 0 radical (unpaired) electrons. The molecule has 0 amide bonds. The number of hydrogen-bond acceptors (Lipinski definition) is 3. The summed E-state index contributed by atoms with van der Waals surface area (Å²) in [7, 11) is 1.12. The quantitative estimate of drug-likeness (QED) is 0.779. The minimum Gasteiger partial charge on any atom is -0.464 e. The zero-order chi connectivity index (χ0) is 15.6. The maximum absolute atomic E-state index is 13.1. The Hall–Kier alpha value is -2.08. The van der Waals surface area contributed by atoms with Crippen molar-refractivity contribution in [3.63, 3.8) is 0 Å². The van der Waals surface area contributed by atoms with Crippen LogP contribution >= 0.6 is 11.6 Å². The van der Waals surface area contributed by atoms with E-state index in [1.165, 1.54) is 30.5 Å². The van der Waals surface area contributed by atoms with Crippen molar-refractivity contribution >= 4 is 17.6 Å². The van der Waals surface area contributed by atoms with Crippen LogP contribution in [0.25, 0.3) is 11.1 Å². The van der Waals surface area contributed by atoms with E-state index in [1.54, 1.807) is 0 Å². The smallest absolute Gasteiger partial charge is 0.417 e. The number of rotatable bonds is 2. The summed E-state index contributed by atoms with van der Waals surface area (Å²) >= 11 is 5.79. The van der Waals surface area contributed by atoms with Crippen LogP contribution in [0.15, 0.2) is 36.5 Å². The molecule has 21 heavy (non-hydrogen) atoms. The molecule has 1 aromatic heterocycles. The van der Waals surface area contributed by atoms with Gasteiger partial charge in [0.1, 0.15) is 0 Å². The van der Waals surface area contributed by atoms with Crippen molar-refractivity contribution in [2.45, 2.75) is 6.18 Å². The first-order chi connectivity index (χ1) is 9.84. The third kappa shape index (κ3) is 3.16. The van der Waals surface area contributed by atoms with Crippen LogP contribution in [0, 0.1) is 0 Å². The molecule has 3 nitrogen and oxygen atoms in total. The molecular formula is C14H9ClF3NO2. The molecule has 0 saturated carbocycles. The fourth-order valence-electron chi connectivity index (χ4n) is 1.87. The summed E-state index contributed by atoms with van der Waals surface area (Å²) in [6.45, 7) is 0. The van der Waals surface area contributed by atoms with E-state index in [1.807, 2.05) is 0 Å². The summed E-state index contributed by atoms with van der Waals surface area (Å²) < 4.78 is 43.8. The van der Waals surface area contributed by atoms with Crippen LogP contribution in [0.5, 0.6) is 0 Å². The molecular weight excluding hydrogens is 307 g/mol. The van der Waals surface area contributed by atoms with E-state index in [2.05, 4.69) is 9.72 Å². The van der Waals surface area contributed by atoms with Crippen LogP contribution < -0.4 is 0 Å². The largest absolute Gasteiger partial charge is 0.464 e. The van der Waals surface area contributed by atoms with Gasteiger partial charge in [0.15, 0.2) is 5.69 Å². The fourth-order valence-corrected chi connectivity index (χ4v) is 2.03. The number of methoxy groups -OCH3 is 1. The number of hydrogen-bond donors (Lipinski definition) is 0. The van der Waals surface area contributed by atoms with E-state index in [4.69, 9.17) is 11.6 Å². The van der Waals surface area contributed by atoms with Gasteiger partial charge in [0.2, 0.25) is 0 Å². The average Bonchev–Trinajstić information content (AvgIpc) is 2.45. The van der Waals surface area contributed by atoms with Crippen molar-refractivity contribution in [1.29, 1.82) is 0 Å². The predicted octanol–water partition coefficient (Wildman–Crippen LogP) is 4.21. The van der Waals surface area contributed by atoms with Crippen LogP contribution in [-0.4, -0.2) is 18.1 Å². The number of nitrogens with zero attached hydrogens (tertiary/aromatic N) is 1. The van der Waals surface area contributed by atoms with E-state index in [0.717, 1.165) is 13.2 Å². The molecule has 0 aliphatic rings. The van der Waals surface area contributed by atoms with Gasteiger partial charge in [-0.1, -0.05) is 29.8 Å². The lowest BCUT2D eigenvalue weighted by atomic mass is 9.98. The average molecular weight is 316 g/mol. The predicted molar refractivity (Wildman–Crippen MR) is 71.0 cm³/mol. The van der Waals surface area contributed by atoms with Crippen molar-refractivity contribution in [1.82, 2.24) is 4.98 Å². The molecule has 0 atom stereocenters. The Morgan fingerprint density at radius 3 is 2.52 bits per heavy atom. The fraction of sp³-hybridized carbons (Fsp3) is 0.143. The first-order valence-electron chi connectivity index (χ1n) is 5.75. The van der Waals surface area contributed by atoms with Crippen molar-refractivity contribution in [2.75, 3.05) is 7.11 Å². The zero-order valence-electron chi connectivity index (χ0n) is 10.7. The first-order valence-corrected chi connectivity index (χ1v) is 6.13. The third-order valence-corrected chi connectivity index (χ3v) is 2.96. The monoisotopic (exact) mass is 315 g/mol.